The van der Waals surface area contributed by atoms with Crippen LogP contribution in [-0.2, 0) is 0 Å². The van der Waals surface area contributed by atoms with Crippen molar-refractivity contribution in [3.8, 4) is 28.4 Å². The number of hydrogen-bond donors (Lipinski definition) is 0. The highest BCUT2D eigenvalue weighted by atomic mass is 32.1. The van der Waals surface area contributed by atoms with E-state index in [0.717, 1.165) is 38.9 Å². The molecule has 0 radical (unpaired) electrons. The van der Waals surface area contributed by atoms with Gasteiger partial charge in [0.25, 0.3) is 0 Å². The standard InChI is InChI=1S/C25H24N2O2S/c1-3-28-22-14-10-20(11-15-22)26-25-27(21-12-16-23(17-13-21)29-4-2)24(18-30-25)19-8-6-5-7-9-19/h5-18H,3-4H2,1-2H3. The Morgan fingerprint density at radius 3 is 1.97 bits per heavy atom. The molecule has 4 aromatic rings. The van der Waals surface area contributed by atoms with Crippen LogP contribution in [0.2, 0.25) is 0 Å². The van der Waals surface area contributed by atoms with Crippen LogP contribution in [0.15, 0.2) is 89.2 Å². The van der Waals surface area contributed by atoms with Gasteiger partial charge in [-0.3, -0.25) is 4.57 Å². The molecule has 4 rings (SSSR count). The van der Waals surface area contributed by atoms with Crippen molar-refractivity contribution in [1.82, 2.24) is 4.57 Å². The van der Waals surface area contributed by atoms with E-state index in [9.17, 15) is 0 Å². The number of nitrogens with zero attached hydrogens (tertiary/aromatic N) is 2. The Balaban J connectivity index is 1.81. The van der Waals surface area contributed by atoms with Crippen LogP contribution in [-0.4, -0.2) is 17.8 Å². The molecule has 3 aromatic carbocycles. The quantitative estimate of drug-likeness (QED) is 0.358. The van der Waals surface area contributed by atoms with Crippen molar-refractivity contribution in [2.24, 2.45) is 4.99 Å². The highest BCUT2D eigenvalue weighted by Gasteiger charge is 2.10. The van der Waals surface area contributed by atoms with Gasteiger partial charge in [-0.15, -0.1) is 11.3 Å². The third-order valence-electron chi connectivity index (χ3n) is 4.56. The zero-order chi connectivity index (χ0) is 20.8. The van der Waals surface area contributed by atoms with Gasteiger partial charge in [-0.1, -0.05) is 30.3 Å². The lowest BCUT2D eigenvalue weighted by molar-refractivity contribution is 0.340. The average Bonchev–Trinajstić information content (AvgIpc) is 3.20. The first kappa shape index (κ1) is 20.0. The Bertz CT molecular complexity index is 1140. The second-order valence-corrected chi connectivity index (χ2v) is 7.41. The van der Waals surface area contributed by atoms with Gasteiger partial charge in [0.1, 0.15) is 11.5 Å². The van der Waals surface area contributed by atoms with Crippen molar-refractivity contribution in [1.29, 1.82) is 0 Å². The molecule has 0 bridgehead atoms. The van der Waals surface area contributed by atoms with Gasteiger partial charge in [0, 0.05) is 11.1 Å². The summed E-state index contributed by atoms with van der Waals surface area (Å²) in [4.78, 5) is 5.82. The maximum Gasteiger partial charge on any atom is 0.195 e. The Kier molecular flexibility index (Phi) is 6.30. The normalized spacial score (nSPS) is 11.5. The highest BCUT2D eigenvalue weighted by molar-refractivity contribution is 7.07. The maximum atomic E-state index is 5.61. The zero-order valence-electron chi connectivity index (χ0n) is 17.1. The second-order valence-electron chi connectivity index (χ2n) is 6.57. The molecule has 1 heterocycles. The van der Waals surface area contributed by atoms with E-state index < -0.39 is 0 Å². The summed E-state index contributed by atoms with van der Waals surface area (Å²) in [6.45, 7) is 5.27. The lowest BCUT2D eigenvalue weighted by atomic mass is 10.1. The summed E-state index contributed by atoms with van der Waals surface area (Å²) in [6.07, 6.45) is 0. The Morgan fingerprint density at radius 1 is 0.767 bits per heavy atom. The van der Waals surface area contributed by atoms with E-state index in [1.165, 1.54) is 0 Å². The predicted molar refractivity (Wildman–Crippen MR) is 123 cm³/mol. The van der Waals surface area contributed by atoms with E-state index in [4.69, 9.17) is 14.5 Å². The van der Waals surface area contributed by atoms with Gasteiger partial charge in [-0.25, -0.2) is 4.99 Å². The molecule has 0 amide bonds. The van der Waals surface area contributed by atoms with Gasteiger partial charge in [0.2, 0.25) is 0 Å². The van der Waals surface area contributed by atoms with Crippen LogP contribution < -0.4 is 14.3 Å². The molecule has 0 aliphatic heterocycles. The van der Waals surface area contributed by atoms with Gasteiger partial charge in [0.05, 0.1) is 24.6 Å². The predicted octanol–water partition coefficient (Wildman–Crippen LogP) is 6.24. The van der Waals surface area contributed by atoms with Gasteiger partial charge in [-0.05, 0) is 67.9 Å². The number of aromatic nitrogens is 1. The molecule has 1 aromatic heterocycles. The van der Waals surface area contributed by atoms with Crippen LogP contribution >= 0.6 is 11.3 Å². The summed E-state index contributed by atoms with van der Waals surface area (Å²) in [5, 5.41) is 2.15. The molecule has 0 N–H and O–H groups in total. The van der Waals surface area contributed by atoms with Crippen molar-refractivity contribution < 1.29 is 9.47 Å². The Hall–Kier alpha value is -3.31. The summed E-state index contributed by atoms with van der Waals surface area (Å²) in [5.74, 6) is 1.72. The molecule has 0 aliphatic rings. The fraction of sp³-hybridized carbons (Fsp3) is 0.160. The fourth-order valence-electron chi connectivity index (χ4n) is 3.20. The SMILES string of the molecule is CCOc1ccc(N=c2scc(-c3ccccc3)n2-c2ccc(OCC)cc2)cc1. The third kappa shape index (κ3) is 4.47. The average molecular weight is 417 g/mol. The molecule has 0 atom stereocenters. The molecule has 0 unspecified atom stereocenters. The van der Waals surface area contributed by atoms with Crippen LogP contribution in [0.25, 0.3) is 16.9 Å². The molecule has 4 nitrogen and oxygen atoms in total. The summed E-state index contributed by atoms with van der Waals surface area (Å²) >= 11 is 1.62. The first-order valence-corrected chi connectivity index (χ1v) is 10.9. The highest BCUT2D eigenvalue weighted by Crippen LogP contribution is 2.25. The fourth-order valence-corrected chi connectivity index (χ4v) is 4.13. The number of hydrogen-bond acceptors (Lipinski definition) is 4. The van der Waals surface area contributed by atoms with Crippen molar-refractivity contribution in [3.05, 3.63) is 89.0 Å². The van der Waals surface area contributed by atoms with Crippen LogP contribution in [0.3, 0.4) is 0 Å². The van der Waals surface area contributed by atoms with Gasteiger partial charge >= 0.3 is 0 Å². The molecule has 30 heavy (non-hydrogen) atoms. The number of benzene rings is 3. The number of thiazole rings is 1. The molecule has 0 saturated heterocycles. The van der Waals surface area contributed by atoms with Crippen molar-refractivity contribution >= 4 is 17.0 Å². The van der Waals surface area contributed by atoms with Crippen LogP contribution in [0, 0.1) is 0 Å². The molecule has 0 fully saturated rings. The van der Waals surface area contributed by atoms with Crippen LogP contribution in [0.4, 0.5) is 5.69 Å². The minimum atomic E-state index is 0.651. The third-order valence-corrected chi connectivity index (χ3v) is 5.38. The summed E-state index contributed by atoms with van der Waals surface area (Å²) < 4.78 is 13.3. The molecular formula is C25H24N2O2S. The molecule has 0 saturated carbocycles. The van der Waals surface area contributed by atoms with Crippen molar-refractivity contribution in [2.75, 3.05) is 13.2 Å². The van der Waals surface area contributed by atoms with Crippen LogP contribution in [0.1, 0.15) is 13.8 Å². The van der Waals surface area contributed by atoms with E-state index in [0.29, 0.717) is 13.2 Å². The lowest BCUT2D eigenvalue weighted by Gasteiger charge is -2.11. The molecule has 5 heteroatoms. The molecule has 0 spiro atoms. The topological polar surface area (TPSA) is 35.8 Å². The zero-order valence-corrected chi connectivity index (χ0v) is 17.9. The number of ether oxygens (including phenoxy) is 2. The molecule has 152 valence electrons. The summed E-state index contributed by atoms with van der Waals surface area (Å²) in [7, 11) is 0. The van der Waals surface area contributed by atoms with Crippen molar-refractivity contribution in [2.45, 2.75) is 13.8 Å². The minimum absolute atomic E-state index is 0.651. The van der Waals surface area contributed by atoms with Gasteiger partial charge < -0.3 is 9.47 Å². The van der Waals surface area contributed by atoms with Gasteiger partial charge in [-0.2, -0.15) is 0 Å². The summed E-state index contributed by atoms with van der Waals surface area (Å²) in [5.41, 5.74) is 4.19. The minimum Gasteiger partial charge on any atom is -0.494 e. The van der Waals surface area contributed by atoms with Crippen LogP contribution in [0.5, 0.6) is 11.5 Å². The molecular weight excluding hydrogens is 392 g/mol. The van der Waals surface area contributed by atoms with E-state index in [-0.39, 0.29) is 0 Å². The van der Waals surface area contributed by atoms with Gasteiger partial charge in [0.15, 0.2) is 4.80 Å². The largest absolute Gasteiger partial charge is 0.494 e. The second kappa shape index (κ2) is 9.46. The maximum absolute atomic E-state index is 5.61. The van der Waals surface area contributed by atoms with E-state index in [1.807, 2.05) is 56.3 Å². The first-order valence-electron chi connectivity index (χ1n) is 10.0. The lowest BCUT2D eigenvalue weighted by Crippen LogP contribution is -2.13. The van der Waals surface area contributed by atoms with E-state index in [2.05, 4.69) is 46.3 Å². The smallest absolute Gasteiger partial charge is 0.195 e. The van der Waals surface area contributed by atoms with Crippen molar-refractivity contribution in [3.63, 3.8) is 0 Å². The monoisotopic (exact) mass is 416 g/mol. The summed E-state index contributed by atoms with van der Waals surface area (Å²) in [6, 6.07) is 26.4. The molecule has 0 aliphatic carbocycles. The van der Waals surface area contributed by atoms with E-state index >= 15 is 0 Å². The number of rotatable bonds is 7. The van der Waals surface area contributed by atoms with E-state index in [1.54, 1.807) is 11.3 Å². The Morgan fingerprint density at radius 2 is 1.37 bits per heavy atom. The first-order chi connectivity index (χ1) is 14.8. The Labute approximate surface area is 180 Å².